The van der Waals surface area contributed by atoms with Gasteiger partial charge in [0.1, 0.15) is 0 Å². The van der Waals surface area contributed by atoms with Crippen LogP contribution in [0.2, 0.25) is 0 Å². The molecule has 2 fully saturated rings. The predicted octanol–water partition coefficient (Wildman–Crippen LogP) is 1.98. The van der Waals surface area contributed by atoms with Gasteiger partial charge in [0.15, 0.2) is 0 Å². The fourth-order valence-electron chi connectivity index (χ4n) is 3.46. The van der Waals surface area contributed by atoms with Crippen molar-refractivity contribution in [2.24, 2.45) is 0 Å². The van der Waals surface area contributed by atoms with E-state index in [-0.39, 0.29) is 0 Å². The highest BCUT2D eigenvalue weighted by Crippen LogP contribution is 2.21. The second kappa shape index (κ2) is 5.93. The highest BCUT2D eigenvalue weighted by molar-refractivity contribution is 5.40. The Kier molecular flexibility index (Phi) is 4.04. The molecule has 1 aromatic rings. The number of benzene rings is 1. The lowest BCUT2D eigenvalue weighted by molar-refractivity contribution is 0.0500. The molecule has 104 valence electrons. The van der Waals surface area contributed by atoms with E-state index in [2.05, 4.69) is 28.0 Å². The van der Waals surface area contributed by atoms with Crippen LogP contribution in [-0.2, 0) is 6.42 Å². The summed E-state index contributed by atoms with van der Waals surface area (Å²) in [7, 11) is 0. The summed E-state index contributed by atoms with van der Waals surface area (Å²) in [5.41, 5.74) is 8.09. The van der Waals surface area contributed by atoms with Crippen molar-refractivity contribution in [3.05, 3.63) is 29.8 Å². The highest BCUT2D eigenvalue weighted by atomic mass is 15.3. The van der Waals surface area contributed by atoms with Gasteiger partial charge in [0, 0.05) is 37.9 Å². The van der Waals surface area contributed by atoms with Gasteiger partial charge in [-0.15, -0.1) is 0 Å². The van der Waals surface area contributed by atoms with Crippen LogP contribution in [0.1, 0.15) is 24.8 Å². The van der Waals surface area contributed by atoms with E-state index >= 15 is 0 Å². The van der Waals surface area contributed by atoms with Crippen LogP contribution in [0.4, 0.5) is 5.69 Å². The Hall–Kier alpha value is -1.06. The van der Waals surface area contributed by atoms with E-state index in [4.69, 9.17) is 5.73 Å². The standard InChI is InChI=1S/C16H25N3/c17-15-5-3-4-14(12-15)7-9-18-10-11-19-8-2-1-6-16(19)13-18/h3-5,12,16H,1-2,6-11,13,17H2. The molecule has 0 bridgehead atoms. The van der Waals surface area contributed by atoms with Crippen molar-refractivity contribution in [3.63, 3.8) is 0 Å². The van der Waals surface area contributed by atoms with E-state index in [9.17, 15) is 0 Å². The molecule has 0 amide bonds. The lowest BCUT2D eigenvalue weighted by Gasteiger charge is -2.44. The first-order chi connectivity index (χ1) is 9.31. The molecule has 1 aromatic carbocycles. The summed E-state index contributed by atoms with van der Waals surface area (Å²) < 4.78 is 0. The summed E-state index contributed by atoms with van der Waals surface area (Å²) in [6.07, 6.45) is 5.34. The van der Waals surface area contributed by atoms with E-state index < -0.39 is 0 Å². The van der Waals surface area contributed by atoms with Gasteiger partial charge in [0.2, 0.25) is 0 Å². The maximum Gasteiger partial charge on any atom is 0.0316 e. The number of piperazine rings is 1. The average Bonchev–Trinajstić information content (AvgIpc) is 2.45. The molecule has 0 radical (unpaired) electrons. The van der Waals surface area contributed by atoms with Gasteiger partial charge in [-0.2, -0.15) is 0 Å². The summed E-state index contributed by atoms with van der Waals surface area (Å²) in [6.45, 7) is 6.27. The van der Waals surface area contributed by atoms with Crippen molar-refractivity contribution < 1.29 is 0 Å². The number of nitrogens with two attached hydrogens (primary N) is 1. The van der Waals surface area contributed by atoms with Crippen LogP contribution in [-0.4, -0.2) is 48.6 Å². The molecule has 2 heterocycles. The molecular formula is C16H25N3. The van der Waals surface area contributed by atoms with E-state index in [1.54, 1.807) is 0 Å². The zero-order valence-electron chi connectivity index (χ0n) is 11.7. The van der Waals surface area contributed by atoms with Gasteiger partial charge in [-0.3, -0.25) is 4.90 Å². The van der Waals surface area contributed by atoms with E-state index in [1.807, 2.05) is 6.07 Å². The predicted molar refractivity (Wildman–Crippen MR) is 80.2 cm³/mol. The van der Waals surface area contributed by atoms with Crippen molar-refractivity contribution in [1.82, 2.24) is 9.80 Å². The number of nitrogens with zero attached hydrogens (tertiary/aromatic N) is 2. The van der Waals surface area contributed by atoms with Crippen molar-refractivity contribution in [3.8, 4) is 0 Å². The number of anilines is 1. The first-order valence-electron chi connectivity index (χ1n) is 7.62. The van der Waals surface area contributed by atoms with Gasteiger partial charge in [-0.25, -0.2) is 0 Å². The summed E-state index contributed by atoms with van der Waals surface area (Å²) in [6, 6.07) is 9.14. The third kappa shape index (κ3) is 3.28. The van der Waals surface area contributed by atoms with E-state index in [0.717, 1.165) is 18.2 Å². The Balaban J connectivity index is 1.51. The molecule has 3 heteroatoms. The second-order valence-electron chi connectivity index (χ2n) is 5.98. The molecule has 2 saturated heterocycles. The van der Waals surface area contributed by atoms with Gasteiger partial charge in [0.05, 0.1) is 0 Å². The van der Waals surface area contributed by atoms with Crippen molar-refractivity contribution >= 4 is 5.69 Å². The monoisotopic (exact) mass is 259 g/mol. The summed E-state index contributed by atoms with van der Waals surface area (Å²) in [4.78, 5) is 5.33. The van der Waals surface area contributed by atoms with Crippen molar-refractivity contribution in [2.45, 2.75) is 31.7 Å². The number of piperidine rings is 1. The number of hydrogen-bond donors (Lipinski definition) is 1. The van der Waals surface area contributed by atoms with Crippen LogP contribution in [0, 0.1) is 0 Å². The molecule has 0 aliphatic carbocycles. The summed E-state index contributed by atoms with van der Waals surface area (Å²) >= 11 is 0. The number of nitrogen functional groups attached to an aromatic ring is 1. The fourth-order valence-corrected chi connectivity index (χ4v) is 3.46. The smallest absolute Gasteiger partial charge is 0.0316 e. The number of fused-ring (bicyclic) bond motifs is 1. The largest absolute Gasteiger partial charge is 0.399 e. The zero-order valence-corrected chi connectivity index (χ0v) is 11.7. The van der Waals surface area contributed by atoms with E-state index in [1.165, 1.54) is 57.5 Å². The molecule has 1 atom stereocenters. The molecule has 0 saturated carbocycles. The highest BCUT2D eigenvalue weighted by Gasteiger charge is 2.28. The minimum absolute atomic E-state index is 0.823. The summed E-state index contributed by atoms with van der Waals surface area (Å²) in [5, 5.41) is 0. The van der Waals surface area contributed by atoms with Crippen LogP contribution in [0.3, 0.4) is 0 Å². The third-order valence-electron chi connectivity index (χ3n) is 4.59. The van der Waals surface area contributed by atoms with Gasteiger partial charge in [-0.05, 0) is 43.5 Å². The Morgan fingerprint density at radius 3 is 3.00 bits per heavy atom. The topological polar surface area (TPSA) is 32.5 Å². The molecule has 3 nitrogen and oxygen atoms in total. The minimum Gasteiger partial charge on any atom is -0.399 e. The van der Waals surface area contributed by atoms with Gasteiger partial charge in [0.25, 0.3) is 0 Å². The fraction of sp³-hybridized carbons (Fsp3) is 0.625. The van der Waals surface area contributed by atoms with Crippen molar-refractivity contribution in [1.29, 1.82) is 0 Å². The first-order valence-corrected chi connectivity index (χ1v) is 7.62. The van der Waals surface area contributed by atoms with Crippen LogP contribution in [0.5, 0.6) is 0 Å². The Morgan fingerprint density at radius 2 is 2.11 bits per heavy atom. The molecule has 0 spiro atoms. The summed E-state index contributed by atoms with van der Waals surface area (Å²) in [5.74, 6) is 0. The Bertz CT molecular complexity index is 418. The molecular weight excluding hydrogens is 234 g/mol. The van der Waals surface area contributed by atoms with Crippen LogP contribution in [0.25, 0.3) is 0 Å². The number of rotatable bonds is 3. The van der Waals surface area contributed by atoms with Gasteiger partial charge in [-0.1, -0.05) is 18.6 Å². The van der Waals surface area contributed by atoms with Crippen molar-refractivity contribution in [2.75, 3.05) is 38.5 Å². The average molecular weight is 259 g/mol. The van der Waals surface area contributed by atoms with Gasteiger partial charge >= 0.3 is 0 Å². The third-order valence-corrected chi connectivity index (χ3v) is 4.59. The molecule has 0 aromatic heterocycles. The lowest BCUT2D eigenvalue weighted by atomic mass is 9.99. The normalized spacial score (nSPS) is 25.2. The van der Waals surface area contributed by atoms with E-state index in [0.29, 0.717) is 0 Å². The Morgan fingerprint density at radius 1 is 1.16 bits per heavy atom. The quantitative estimate of drug-likeness (QED) is 0.843. The van der Waals surface area contributed by atoms with Crippen LogP contribution >= 0.6 is 0 Å². The lowest BCUT2D eigenvalue weighted by Crippen LogP contribution is -2.55. The molecule has 1 unspecified atom stereocenters. The molecule has 3 rings (SSSR count). The molecule has 19 heavy (non-hydrogen) atoms. The zero-order chi connectivity index (χ0) is 13.1. The maximum atomic E-state index is 5.83. The number of hydrogen-bond acceptors (Lipinski definition) is 3. The Labute approximate surface area is 116 Å². The maximum absolute atomic E-state index is 5.83. The van der Waals surface area contributed by atoms with Crippen LogP contribution < -0.4 is 5.73 Å². The SMILES string of the molecule is Nc1cccc(CCN2CCN3CCCCC3C2)c1. The molecule has 2 N–H and O–H groups in total. The molecule has 2 aliphatic rings. The molecule has 2 aliphatic heterocycles. The van der Waals surface area contributed by atoms with Crippen LogP contribution in [0.15, 0.2) is 24.3 Å². The second-order valence-corrected chi connectivity index (χ2v) is 5.98. The minimum atomic E-state index is 0.823. The van der Waals surface area contributed by atoms with Gasteiger partial charge < -0.3 is 10.6 Å². The first kappa shape index (κ1) is 12.9.